The van der Waals surface area contributed by atoms with Gasteiger partial charge in [-0.2, -0.15) is 0 Å². The number of carbonyl (C=O) groups excluding carboxylic acids is 1. The van der Waals surface area contributed by atoms with Gasteiger partial charge in [0.1, 0.15) is 0 Å². The van der Waals surface area contributed by atoms with Gasteiger partial charge in [-0.15, -0.1) is 11.8 Å². The number of rotatable bonds is 3. The van der Waals surface area contributed by atoms with Crippen molar-refractivity contribution in [2.75, 3.05) is 6.54 Å². The average molecular weight is 318 g/mol. The smallest absolute Gasteiger partial charge is 0.219 e. The Morgan fingerprint density at radius 2 is 1.91 bits per heavy atom. The number of thioether (sulfide) groups is 1. The summed E-state index contributed by atoms with van der Waals surface area (Å²) >= 11 is 1.94. The van der Waals surface area contributed by atoms with Gasteiger partial charge in [0, 0.05) is 24.9 Å². The molecule has 0 bridgehead atoms. The summed E-state index contributed by atoms with van der Waals surface area (Å²) in [5.41, 5.74) is 1.20. The molecule has 2 fully saturated rings. The zero-order valence-corrected chi connectivity index (χ0v) is 14.3. The zero-order valence-electron chi connectivity index (χ0n) is 13.5. The molecule has 2 aliphatic rings. The van der Waals surface area contributed by atoms with E-state index in [0.717, 1.165) is 29.7 Å². The number of nitrogens with zero attached hydrogens (tertiary/aromatic N) is 2. The molecular weight excluding hydrogens is 292 g/mol. The van der Waals surface area contributed by atoms with Gasteiger partial charge < -0.3 is 4.90 Å². The lowest BCUT2D eigenvalue weighted by Crippen LogP contribution is -2.36. The Morgan fingerprint density at radius 3 is 2.59 bits per heavy atom. The van der Waals surface area contributed by atoms with E-state index in [1.54, 1.807) is 6.92 Å². The summed E-state index contributed by atoms with van der Waals surface area (Å²) in [6, 6.07) is 4.57. The first-order valence-corrected chi connectivity index (χ1v) is 9.52. The third-order valence-electron chi connectivity index (χ3n) is 4.89. The summed E-state index contributed by atoms with van der Waals surface area (Å²) in [4.78, 5) is 18.5. The number of aromatic nitrogens is 1. The molecule has 1 atom stereocenters. The van der Waals surface area contributed by atoms with Crippen LogP contribution in [0.4, 0.5) is 0 Å². The molecule has 120 valence electrons. The van der Waals surface area contributed by atoms with E-state index in [0.29, 0.717) is 0 Å². The quantitative estimate of drug-likeness (QED) is 0.818. The van der Waals surface area contributed by atoms with E-state index in [4.69, 9.17) is 0 Å². The maximum absolute atomic E-state index is 11.8. The van der Waals surface area contributed by atoms with Gasteiger partial charge >= 0.3 is 0 Å². The van der Waals surface area contributed by atoms with Crippen LogP contribution in [0, 0.1) is 0 Å². The number of carbonyl (C=O) groups is 1. The molecule has 0 N–H and O–H groups in total. The molecule has 0 radical (unpaired) electrons. The standard InChI is InChI=1S/C18H26N2OS/c1-14(21)20-12-6-5-9-17(20)15-10-11-18(19-13-15)22-16-7-3-2-4-8-16/h10-11,13,16-17H,2-9,12H2,1H3/t17-/m1/s1. The predicted molar refractivity (Wildman–Crippen MR) is 90.9 cm³/mol. The molecule has 22 heavy (non-hydrogen) atoms. The molecule has 1 saturated heterocycles. The summed E-state index contributed by atoms with van der Waals surface area (Å²) in [6.07, 6.45) is 12.2. The minimum absolute atomic E-state index is 0.186. The van der Waals surface area contributed by atoms with Gasteiger partial charge in [0.05, 0.1) is 11.1 Å². The van der Waals surface area contributed by atoms with Crippen LogP contribution in [0.5, 0.6) is 0 Å². The molecule has 1 aliphatic carbocycles. The topological polar surface area (TPSA) is 33.2 Å². The van der Waals surface area contributed by atoms with Gasteiger partial charge in [0.25, 0.3) is 0 Å². The van der Waals surface area contributed by atoms with Crippen LogP contribution in [0.3, 0.4) is 0 Å². The lowest BCUT2D eigenvalue weighted by Gasteiger charge is -2.35. The normalized spacial score (nSPS) is 23.5. The second-order valence-corrected chi connectivity index (χ2v) is 7.85. The first-order valence-electron chi connectivity index (χ1n) is 8.64. The molecule has 1 aliphatic heterocycles. The number of pyridine rings is 1. The van der Waals surface area contributed by atoms with E-state index in [2.05, 4.69) is 17.1 Å². The van der Waals surface area contributed by atoms with Crippen LogP contribution in [-0.2, 0) is 4.79 Å². The maximum atomic E-state index is 11.8. The van der Waals surface area contributed by atoms with Gasteiger partial charge in [-0.1, -0.05) is 25.3 Å². The Labute approximate surface area is 137 Å². The maximum Gasteiger partial charge on any atom is 0.219 e. The van der Waals surface area contributed by atoms with E-state index in [9.17, 15) is 4.79 Å². The van der Waals surface area contributed by atoms with E-state index < -0.39 is 0 Å². The van der Waals surface area contributed by atoms with Crippen LogP contribution < -0.4 is 0 Å². The number of hydrogen-bond acceptors (Lipinski definition) is 3. The SMILES string of the molecule is CC(=O)N1CCCC[C@@H]1c1ccc(SC2CCCCC2)nc1. The average Bonchev–Trinajstić information content (AvgIpc) is 2.56. The van der Waals surface area contributed by atoms with Crippen molar-refractivity contribution in [3.05, 3.63) is 23.9 Å². The summed E-state index contributed by atoms with van der Waals surface area (Å²) in [6.45, 7) is 2.57. The lowest BCUT2D eigenvalue weighted by atomic mass is 9.96. The van der Waals surface area contributed by atoms with E-state index in [1.165, 1.54) is 44.1 Å². The van der Waals surface area contributed by atoms with Gasteiger partial charge in [-0.05, 0) is 43.7 Å². The monoisotopic (exact) mass is 318 g/mol. The molecule has 1 aromatic heterocycles. The van der Waals surface area contributed by atoms with Crippen LogP contribution >= 0.6 is 11.8 Å². The van der Waals surface area contributed by atoms with Crippen molar-refractivity contribution in [2.24, 2.45) is 0 Å². The van der Waals surface area contributed by atoms with Crippen LogP contribution in [-0.4, -0.2) is 27.6 Å². The highest BCUT2D eigenvalue weighted by Crippen LogP contribution is 2.34. The number of hydrogen-bond donors (Lipinski definition) is 0. The molecule has 1 saturated carbocycles. The summed E-state index contributed by atoms with van der Waals surface area (Å²) in [7, 11) is 0. The van der Waals surface area contributed by atoms with Crippen LogP contribution in [0.1, 0.15) is 69.9 Å². The van der Waals surface area contributed by atoms with Crippen molar-refractivity contribution in [3.63, 3.8) is 0 Å². The lowest BCUT2D eigenvalue weighted by molar-refractivity contribution is -0.132. The molecule has 3 rings (SSSR count). The van der Waals surface area contributed by atoms with Crippen LogP contribution in [0.25, 0.3) is 0 Å². The first-order chi connectivity index (χ1) is 10.7. The molecule has 4 heteroatoms. The number of piperidine rings is 1. The van der Waals surface area contributed by atoms with Gasteiger partial charge in [0.15, 0.2) is 0 Å². The van der Waals surface area contributed by atoms with Crippen molar-refractivity contribution >= 4 is 17.7 Å². The van der Waals surface area contributed by atoms with Crippen molar-refractivity contribution in [1.82, 2.24) is 9.88 Å². The minimum Gasteiger partial charge on any atom is -0.336 e. The highest BCUT2D eigenvalue weighted by molar-refractivity contribution is 7.99. The Balaban J connectivity index is 1.66. The third-order valence-corrected chi connectivity index (χ3v) is 6.18. The van der Waals surface area contributed by atoms with Crippen molar-refractivity contribution in [2.45, 2.75) is 74.6 Å². The van der Waals surface area contributed by atoms with Crippen molar-refractivity contribution in [1.29, 1.82) is 0 Å². The fourth-order valence-corrected chi connectivity index (χ4v) is 4.84. The molecule has 1 aromatic rings. The van der Waals surface area contributed by atoms with Crippen molar-refractivity contribution in [3.8, 4) is 0 Å². The van der Waals surface area contributed by atoms with E-state index >= 15 is 0 Å². The fourth-order valence-electron chi connectivity index (χ4n) is 3.67. The Kier molecular flexibility index (Phi) is 5.40. The van der Waals surface area contributed by atoms with E-state index in [-0.39, 0.29) is 11.9 Å². The molecule has 2 heterocycles. The second kappa shape index (κ2) is 7.49. The summed E-state index contributed by atoms with van der Waals surface area (Å²) < 4.78 is 0. The van der Waals surface area contributed by atoms with Crippen molar-refractivity contribution < 1.29 is 4.79 Å². The van der Waals surface area contributed by atoms with Gasteiger partial charge in [-0.3, -0.25) is 4.79 Å². The minimum atomic E-state index is 0.186. The number of likely N-dealkylation sites (tertiary alicyclic amines) is 1. The largest absolute Gasteiger partial charge is 0.336 e. The van der Waals surface area contributed by atoms with E-state index in [1.807, 2.05) is 22.9 Å². The second-order valence-electron chi connectivity index (χ2n) is 6.53. The molecule has 0 spiro atoms. The molecule has 3 nitrogen and oxygen atoms in total. The summed E-state index contributed by atoms with van der Waals surface area (Å²) in [5, 5.41) is 1.89. The Bertz CT molecular complexity index is 496. The fraction of sp³-hybridized carbons (Fsp3) is 0.667. The van der Waals surface area contributed by atoms with Gasteiger partial charge in [-0.25, -0.2) is 4.98 Å². The summed E-state index contributed by atoms with van der Waals surface area (Å²) in [5.74, 6) is 0.186. The molecule has 1 amide bonds. The first kappa shape index (κ1) is 15.9. The van der Waals surface area contributed by atoms with Gasteiger partial charge in [0.2, 0.25) is 5.91 Å². The highest BCUT2D eigenvalue weighted by atomic mass is 32.2. The van der Waals surface area contributed by atoms with Crippen LogP contribution in [0.2, 0.25) is 0 Å². The Morgan fingerprint density at radius 1 is 1.14 bits per heavy atom. The number of amides is 1. The third kappa shape index (κ3) is 3.83. The predicted octanol–water partition coefficient (Wildman–Crippen LogP) is 4.58. The highest BCUT2D eigenvalue weighted by Gasteiger charge is 2.26. The molecular formula is C18H26N2OS. The van der Waals surface area contributed by atoms with Crippen LogP contribution in [0.15, 0.2) is 23.4 Å². The zero-order chi connectivity index (χ0) is 15.4. The Hall–Kier alpha value is -1.03. The molecule has 0 unspecified atom stereocenters. The molecule has 0 aromatic carbocycles.